The van der Waals surface area contributed by atoms with E-state index in [0.717, 1.165) is 16.6 Å². The lowest BCUT2D eigenvalue weighted by atomic mass is 10.1. The normalized spacial score (nSPS) is 10.2. The first-order chi connectivity index (χ1) is 8.26. The van der Waals surface area contributed by atoms with Crippen molar-refractivity contribution in [1.82, 2.24) is 4.98 Å². The Balaban J connectivity index is 2.48. The molecule has 0 unspecified atom stereocenters. The molecule has 0 saturated heterocycles. The number of nitrogens with zero attached hydrogens (tertiary/aromatic N) is 1. The maximum Gasteiger partial charge on any atom is 0.338 e. The molecule has 0 amide bonds. The van der Waals surface area contributed by atoms with Gasteiger partial charge in [-0.1, -0.05) is 0 Å². The molecule has 17 heavy (non-hydrogen) atoms. The number of anilines is 1. The molecule has 88 valence electrons. The number of carbonyl (C=O) groups excluding carboxylic acids is 1. The standard InChI is InChI=1S/C13H14N2O2/c1-3-17-13(16)10-4-5-11-9(8-10)6-7-15-12(11)14-2/h4-8H,3H2,1-2H3,(H,14,15). The monoisotopic (exact) mass is 230 g/mol. The largest absolute Gasteiger partial charge is 0.462 e. The van der Waals surface area contributed by atoms with Crippen LogP contribution in [0.25, 0.3) is 10.8 Å². The van der Waals surface area contributed by atoms with Crippen molar-refractivity contribution < 1.29 is 9.53 Å². The van der Waals surface area contributed by atoms with E-state index in [2.05, 4.69) is 10.3 Å². The summed E-state index contributed by atoms with van der Waals surface area (Å²) in [7, 11) is 1.82. The third-order valence-electron chi connectivity index (χ3n) is 2.51. The van der Waals surface area contributed by atoms with Gasteiger partial charge in [-0.05, 0) is 36.6 Å². The molecule has 0 aliphatic heterocycles. The third kappa shape index (κ3) is 2.20. The number of hydrogen-bond acceptors (Lipinski definition) is 4. The van der Waals surface area contributed by atoms with E-state index in [1.807, 2.05) is 25.2 Å². The van der Waals surface area contributed by atoms with Crippen LogP contribution in [0, 0.1) is 0 Å². The molecule has 0 spiro atoms. The Morgan fingerprint density at radius 2 is 2.24 bits per heavy atom. The molecule has 0 radical (unpaired) electrons. The smallest absolute Gasteiger partial charge is 0.338 e. The quantitative estimate of drug-likeness (QED) is 0.823. The van der Waals surface area contributed by atoms with Crippen molar-refractivity contribution in [2.24, 2.45) is 0 Å². The zero-order valence-corrected chi connectivity index (χ0v) is 9.86. The number of nitrogens with one attached hydrogen (secondary N) is 1. The summed E-state index contributed by atoms with van der Waals surface area (Å²) in [6.45, 7) is 2.18. The average molecular weight is 230 g/mol. The van der Waals surface area contributed by atoms with Crippen LogP contribution in [0.1, 0.15) is 17.3 Å². The van der Waals surface area contributed by atoms with Crippen LogP contribution in [0.15, 0.2) is 30.5 Å². The fourth-order valence-corrected chi connectivity index (χ4v) is 1.72. The van der Waals surface area contributed by atoms with E-state index < -0.39 is 0 Å². The average Bonchev–Trinajstić information content (AvgIpc) is 2.37. The van der Waals surface area contributed by atoms with Gasteiger partial charge in [0.2, 0.25) is 0 Å². The van der Waals surface area contributed by atoms with E-state index in [4.69, 9.17) is 4.74 Å². The maximum absolute atomic E-state index is 11.6. The second kappa shape index (κ2) is 4.82. The van der Waals surface area contributed by atoms with Gasteiger partial charge in [0.05, 0.1) is 12.2 Å². The van der Waals surface area contributed by atoms with Crippen molar-refractivity contribution in [3.05, 3.63) is 36.0 Å². The summed E-state index contributed by atoms with van der Waals surface area (Å²) in [5, 5.41) is 4.97. The fourth-order valence-electron chi connectivity index (χ4n) is 1.72. The summed E-state index contributed by atoms with van der Waals surface area (Å²) < 4.78 is 4.96. The van der Waals surface area contributed by atoms with Crippen LogP contribution in [-0.2, 0) is 4.74 Å². The number of hydrogen-bond donors (Lipinski definition) is 1. The topological polar surface area (TPSA) is 51.2 Å². The molecule has 0 fully saturated rings. The van der Waals surface area contributed by atoms with Crippen LogP contribution in [0.4, 0.5) is 5.82 Å². The summed E-state index contributed by atoms with van der Waals surface area (Å²) in [6, 6.07) is 7.32. The van der Waals surface area contributed by atoms with E-state index >= 15 is 0 Å². The number of carbonyl (C=O) groups is 1. The summed E-state index contributed by atoms with van der Waals surface area (Å²) in [5.74, 6) is 0.509. The lowest BCUT2D eigenvalue weighted by Crippen LogP contribution is -2.04. The second-order valence-corrected chi connectivity index (χ2v) is 3.57. The molecule has 2 aromatic rings. The highest BCUT2D eigenvalue weighted by molar-refractivity contribution is 5.98. The SMILES string of the molecule is CCOC(=O)c1ccc2c(NC)nccc2c1. The molecule has 4 heteroatoms. The Kier molecular flexibility index (Phi) is 3.23. The number of rotatable bonds is 3. The van der Waals surface area contributed by atoms with E-state index in [-0.39, 0.29) is 5.97 Å². The van der Waals surface area contributed by atoms with Gasteiger partial charge in [-0.2, -0.15) is 0 Å². The van der Waals surface area contributed by atoms with E-state index in [1.165, 1.54) is 0 Å². The molecule has 1 aromatic heterocycles. The van der Waals surface area contributed by atoms with Gasteiger partial charge >= 0.3 is 5.97 Å². The Hall–Kier alpha value is -2.10. The van der Waals surface area contributed by atoms with Crippen molar-refractivity contribution in [2.75, 3.05) is 19.0 Å². The van der Waals surface area contributed by atoms with Crippen LogP contribution in [-0.4, -0.2) is 24.6 Å². The molecule has 1 N–H and O–H groups in total. The summed E-state index contributed by atoms with van der Waals surface area (Å²) in [6.07, 6.45) is 1.71. The van der Waals surface area contributed by atoms with Crippen molar-refractivity contribution in [3.8, 4) is 0 Å². The van der Waals surface area contributed by atoms with Crippen molar-refractivity contribution in [2.45, 2.75) is 6.92 Å². The molecule has 2 rings (SSSR count). The first-order valence-corrected chi connectivity index (χ1v) is 5.50. The minimum absolute atomic E-state index is 0.294. The highest BCUT2D eigenvalue weighted by atomic mass is 16.5. The highest BCUT2D eigenvalue weighted by Gasteiger charge is 2.08. The van der Waals surface area contributed by atoms with E-state index in [9.17, 15) is 4.79 Å². The molecule has 0 atom stereocenters. The molecular formula is C13H14N2O2. The number of pyridine rings is 1. The Labute approximate surface area is 99.6 Å². The van der Waals surface area contributed by atoms with Crippen molar-refractivity contribution in [3.63, 3.8) is 0 Å². The van der Waals surface area contributed by atoms with Gasteiger partial charge in [-0.15, -0.1) is 0 Å². The van der Waals surface area contributed by atoms with Crippen molar-refractivity contribution in [1.29, 1.82) is 0 Å². The minimum atomic E-state index is -0.294. The van der Waals surface area contributed by atoms with Gasteiger partial charge in [0, 0.05) is 18.6 Å². The predicted molar refractivity (Wildman–Crippen MR) is 67.2 cm³/mol. The molecule has 0 bridgehead atoms. The highest BCUT2D eigenvalue weighted by Crippen LogP contribution is 2.22. The zero-order chi connectivity index (χ0) is 12.3. The Morgan fingerprint density at radius 3 is 2.94 bits per heavy atom. The molecular weight excluding hydrogens is 216 g/mol. The van der Waals surface area contributed by atoms with Gasteiger partial charge < -0.3 is 10.1 Å². The number of benzene rings is 1. The maximum atomic E-state index is 11.6. The molecule has 0 aliphatic rings. The van der Waals surface area contributed by atoms with Crippen LogP contribution in [0.3, 0.4) is 0 Å². The third-order valence-corrected chi connectivity index (χ3v) is 2.51. The minimum Gasteiger partial charge on any atom is -0.462 e. The Bertz CT molecular complexity index is 552. The van der Waals surface area contributed by atoms with E-state index in [1.54, 1.807) is 19.2 Å². The van der Waals surface area contributed by atoms with Gasteiger partial charge in [0.15, 0.2) is 0 Å². The summed E-state index contributed by atoms with van der Waals surface area (Å²) >= 11 is 0. The van der Waals surface area contributed by atoms with Crippen LogP contribution in [0.2, 0.25) is 0 Å². The molecule has 0 aliphatic carbocycles. The summed E-state index contributed by atoms with van der Waals surface area (Å²) in [5.41, 5.74) is 0.563. The van der Waals surface area contributed by atoms with E-state index in [0.29, 0.717) is 12.2 Å². The zero-order valence-electron chi connectivity index (χ0n) is 9.86. The van der Waals surface area contributed by atoms with Crippen LogP contribution in [0.5, 0.6) is 0 Å². The van der Waals surface area contributed by atoms with Crippen LogP contribution < -0.4 is 5.32 Å². The first-order valence-electron chi connectivity index (χ1n) is 5.50. The molecule has 1 heterocycles. The molecule has 0 saturated carbocycles. The number of aromatic nitrogens is 1. The van der Waals surface area contributed by atoms with Gasteiger partial charge in [-0.3, -0.25) is 0 Å². The summed E-state index contributed by atoms with van der Waals surface area (Å²) in [4.78, 5) is 15.8. The van der Waals surface area contributed by atoms with Gasteiger partial charge in [0.25, 0.3) is 0 Å². The van der Waals surface area contributed by atoms with Gasteiger partial charge in [0.1, 0.15) is 5.82 Å². The fraction of sp³-hybridized carbons (Fsp3) is 0.231. The first kappa shape index (κ1) is 11.4. The molecule has 1 aromatic carbocycles. The second-order valence-electron chi connectivity index (χ2n) is 3.57. The van der Waals surface area contributed by atoms with Crippen LogP contribution >= 0.6 is 0 Å². The molecule has 4 nitrogen and oxygen atoms in total. The Morgan fingerprint density at radius 1 is 1.41 bits per heavy atom. The van der Waals surface area contributed by atoms with Gasteiger partial charge in [-0.25, -0.2) is 9.78 Å². The predicted octanol–water partition coefficient (Wildman–Crippen LogP) is 2.45. The van der Waals surface area contributed by atoms with Crippen molar-refractivity contribution >= 4 is 22.6 Å². The lowest BCUT2D eigenvalue weighted by molar-refractivity contribution is 0.0526. The lowest BCUT2D eigenvalue weighted by Gasteiger charge is -2.06. The number of ether oxygens (including phenoxy) is 1. The number of esters is 1. The number of fused-ring (bicyclic) bond motifs is 1.